The van der Waals surface area contributed by atoms with Crippen LogP contribution in [0.25, 0.3) is 0 Å². The summed E-state index contributed by atoms with van der Waals surface area (Å²) in [4.78, 5) is 29.4. The quantitative estimate of drug-likeness (QED) is 0.760. The van der Waals surface area contributed by atoms with Gasteiger partial charge in [0, 0.05) is 26.2 Å². The fourth-order valence-electron chi connectivity index (χ4n) is 3.63. The first-order valence-electron chi connectivity index (χ1n) is 9.25. The molecule has 0 radical (unpaired) electrons. The van der Waals surface area contributed by atoms with Crippen LogP contribution < -0.4 is 0 Å². The number of hydrogen-bond donors (Lipinski definition) is 1. The third kappa shape index (κ3) is 3.36. The fourth-order valence-corrected chi connectivity index (χ4v) is 3.63. The van der Waals surface area contributed by atoms with Gasteiger partial charge in [0.2, 0.25) is 5.78 Å². The molecule has 4 rings (SSSR count). The summed E-state index contributed by atoms with van der Waals surface area (Å²) in [5.41, 5.74) is -0.0173. The number of nitrogens with zero attached hydrogens (tertiary/aromatic N) is 2. The lowest BCUT2D eigenvalue weighted by atomic mass is 10.00. The molecular weight excluding hydrogens is 364 g/mol. The molecule has 1 atom stereocenters. The first kappa shape index (κ1) is 18.5. The zero-order valence-corrected chi connectivity index (χ0v) is 15.6. The minimum absolute atomic E-state index is 0.0173. The molecule has 2 aliphatic rings. The molecular formula is C20H22N2O6. The zero-order chi connectivity index (χ0) is 19.7. The number of aliphatic hydroxyl groups is 1. The highest BCUT2D eigenvalue weighted by molar-refractivity contribution is 6.14. The molecule has 148 valence electrons. The van der Waals surface area contributed by atoms with Gasteiger partial charge in [0.25, 0.3) is 5.91 Å². The van der Waals surface area contributed by atoms with E-state index in [-0.39, 0.29) is 11.3 Å². The number of hydrogen-bond acceptors (Lipinski definition) is 7. The largest absolute Gasteiger partial charge is 0.503 e. The molecule has 1 saturated heterocycles. The summed E-state index contributed by atoms with van der Waals surface area (Å²) >= 11 is 0. The Hall–Kier alpha value is -2.84. The summed E-state index contributed by atoms with van der Waals surface area (Å²) in [5.74, 6) is -0.496. The van der Waals surface area contributed by atoms with E-state index in [1.807, 2.05) is 0 Å². The Morgan fingerprint density at radius 2 is 2.00 bits per heavy atom. The van der Waals surface area contributed by atoms with Gasteiger partial charge >= 0.3 is 0 Å². The summed E-state index contributed by atoms with van der Waals surface area (Å²) in [6.45, 7) is 5.62. The van der Waals surface area contributed by atoms with Crippen LogP contribution >= 0.6 is 0 Å². The first-order valence-corrected chi connectivity index (χ1v) is 9.25. The van der Waals surface area contributed by atoms with Crippen LogP contribution in [0.3, 0.4) is 0 Å². The number of morpholine rings is 1. The molecule has 8 nitrogen and oxygen atoms in total. The predicted octanol–water partition coefficient (Wildman–Crippen LogP) is 2.09. The second-order valence-corrected chi connectivity index (χ2v) is 6.87. The maximum absolute atomic E-state index is 12.9. The molecule has 1 amide bonds. The van der Waals surface area contributed by atoms with Crippen molar-refractivity contribution in [2.24, 2.45) is 0 Å². The SMILES string of the molecule is Cc1ccc([C@H]2C(C(=O)c3ccco3)=C(O)C(=O)N2CCN2CCOCC2)o1. The number of Topliss-reactive ketones (excluding diaryl/α,β-unsaturated/α-hetero) is 1. The van der Waals surface area contributed by atoms with Crippen LogP contribution in [0.4, 0.5) is 0 Å². The molecule has 2 aromatic heterocycles. The molecule has 4 heterocycles. The molecule has 1 N–H and O–H groups in total. The van der Waals surface area contributed by atoms with Crippen LogP contribution in [0.15, 0.2) is 50.7 Å². The van der Waals surface area contributed by atoms with Gasteiger partial charge in [-0.3, -0.25) is 14.5 Å². The van der Waals surface area contributed by atoms with Crippen LogP contribution in [0.5, 0.6) is 0 Å². The van der Waals surface area contributed by atoms with E-state index in [9.17, 15) is 14.7 Å². The number of aliphatic hydroxyl groups excluding tert-OH is 1. The number of carbonyl (C=O) groups excluding carboxylic acids is 2. The maximum Gasteiger partial charge on any atom is 0.290 e. The average Bonchev–Trinajstić information content (AvgIpc) is 3.43. The Kier molecular flexibility index (Phi) is 5.06. The summed E-state index contributed by atoms with van der Waals surface area (Å²) in [7, 11) is 0. The third-order valence-electron chi connectivity index (χ3n) is 5.08. The highest BCUT2D eigenvalue weighted by Crippen LogP contribution is 2.39. The van der Waals surface area contributed by atoms with E-state index in [4.69, 9.17) is 13.6 Å². The Morgan fingerprint density at radius 1 is 1.21 bits per heavy atom. The summed E-state index contributed by atoms with van der Waals surface area (Å²) in [6, 6.07) is 5.80. The van der Waals surface area contributed by atoms with Crippen molar-refractivity contribution >= 4 is 11.7 Å². The van der Waals surface area contributed by atoms with Gasteiger partial charge in [0.1, 0.15) is 17.6 Å². The highest BCUT2D eigenvalue weighted by Gasteiger charge is 2.45. The van der Waals surface area contributed by atoms with Gasteiger partial charge in [-0.25, -0.2) is 0 Å². The molecule has 0 unspecified atom stereocenters. The van der Waals surface area contributed by atoms with Crippen molar-refractivity contribution in [3.63, 3.8) is 0 Å². The number of carbonyl (C=O) groups is 2. The number of aryl methyl sites for hydroxylation is 1. The molecule has 2 aliphatic heterocycles. The van der Waals surface area contributed by atoms with Gasteiger partial charge in [0.15, 0.2) is 11.5 Å². The van der Waals surface area contributed by atoms with E-state index in [0.717, 1.165) is 13.1 Å². The van der Waals surface area contributed by atoms with Crippen LogP contribution in [-0.4, -0.2) is 66.0 Å². The predicted molar refractivity (Wildman–Crippen MR) is 97.9 cm³/mol. The molecule has 1 fully saturated rings. The van der Waals surface area contributed by atoms with E-state index in [0.29, 0.717) is 37.8 Å². The Bertz CT molecular complexity index is 892. The van der Waals surface area contributed by atoms with Gasteiger partial charge in [-0.15, -0.1) is 0 Å². The van der Waals surface area contributed by atoms with Crippen molar-refractivity contribution < 1.29 is 28.3 Å². The molecule has 0 aliphatic carbocycles. The van der Waals surface area contributed by atoms with E-state index in [1.165, 1.54) is 17.2 Å². The van der Waals surface area contributed by atoms with Gasteiger partial charge in [0.05, 0.1) is 25.1 Å². The van der Waals surface area contributed by atoms with Gasteiger partial charge in [-0.1, -0.05) is 0 Å². The lowest BCUT2D eigenvalue weighted by Gasteiger charge is -2.30. The van der Waals surface area contributed by atoms with Gasteiger partial charge in [-0.2, -0.15) is 0 Å². The summed E-state index contributed by atoms with van der Waals surface area (Å²) < 4.78 is 16.3. The molecule has 2 aromatic rings. The van der Waals surface area contributed by atoms with Gasteiger partial charge in [-0.05, 0) is 31.2 Å². The Morgan fingerprint density at radius 3 is 2.64 bits per heavy atom. The highest BCUT2D eigenvalue weighted by atomic mass is 16.5. The molecule has 8 heteroatoms. The Labute approximate surface area is 162 Å². The monoisotopic (exact) mass is 386 g/mol. The molecule has 0 spiro atoms. The lowest BCUT2D eigenvalue weighted by Crippen LogP contribution is -2.43. The van der Waals surface area contributed by atoms with Crippen LogP contribution in [0.2, 0.25) is 0 Å². The molecule has 0 saturated carbocycles. The second kappa shape index (κ2) is 7.65. The summed E-state index contributed by atoms with van der Waals surface area (Å²) in [6.07, 6.45) is 1.38. The van der Waals surface area contributed by atoms with Gasteiger partial charge < -0.3 is 23.6 Å². The van der Waals surface area contributed by atoms with Crippen molar-refractivity contribution in [3.05, 3.63) is 59.1 Å². The molecule has 28 heavy (non-hydrogen) atoms. The number of ether oxygens (including phenoxy) is 1. The van der Waals surface area contributed by atoms with Crippen LogP contribution in [0.1, 0.15) is 28.1 Å². The minimum Gasteiger partial charge on any atom is -0.503 e. The van der Waals surface area contributed by atoms with E-state index in [1.54, 1.807) is 25.1 Å². The fraction of sp³-hybridized carbons (Fsp3) is 0.400. The van der Waals surface area contributed by atoms with Crippen molar-refractivity contribution in [1.29, 1.82) is 0 Å². The van der Waals surface area contributed by atoms with Crippen molar-refractivity contribution in [2.45, 2.75) is 13.0 Å². The van der Waals surface area contributed by atoms with Crippen LogP contribution in [0, 0.1) is 6.92 Å². The normalized spacial score (nSPS) is 21.0. The van der Waals surface area contributed by atoms with E-state index < -0.39 is 23.5 Å². The van der Waals surface area contributed by atoms with Crippen molar-refractivity contribution in [3.8, 4) is 0 Å². The molecule has 0 aromatic carbocycles. The van der Waals surface area contributed by atoms with Crippen molar-refractivity contribution in [1.82, 2.24) is 9.80 Å². The van der Waals surface area contributed by atoms with Crippen molar-refractivity contribution in [2.75, 3.05) is 39.4 Å². The minimum atomic E-state index is -0.792. The zero-order valence-electron chi connectivity index (χ0n) is 15.6. The number of furan rings is 2. The number of amides is 1. The van der Waals surface area contributed by atoms with Crippen LogP contribution in [-0.2, 0) is 9.53 Å². The molecule has 0 bridgehead atoms. The smallest absolute Gasteiger partial charge is 0.290 e. The van der Waals surface area contributed by atoms with E-state index in [2.05, 4.69) is 4.90 Å². The standard InChI is InChI=1S/C20H22N2O6/c1-13-4-5-14(28-13)17-16(18(23)15-3-2-10-27-15)19(24)20(25)22(17)7-6-21-8-11-26-12-9-21/h2-5,10,17,24H,6-9,11-12H2,1H3/t17-/m0/s1. The number of ketones is 1. The lowest BCUT2D eigenvalue weighted by molar-refractivity contribution is -0.130. The number of rotatable bonds is 6. The Balaban J connectivity index is 1.64. The maximum atomic E-state index is 12.9. The topological polar surface area (TPSA) is 96.4 Å². The summed E-state index contributed by atoms with van der Waals surface area (Å²) in [5, 5.41) is 10.5. The third-order valence-corrected chi connectivity index (χ3v) is 5.08. The van der Waals surface area contributed by atoms with E-state index >= 15 is 0 Å². The first-order chi connectivity index (χ1) is 13.6. The average molecular weight is 386 g/mol. The second-order valence-electron chi connectivity index (χ2n) is 6.87.